The molecule has 0 amide bonds. The van der Waals surface area contributed by atoms with Gasteiger partial charge in [0.2, 0.25) is 5.95 Å². The monoisotopic (exact) mass is 362 g/mol. The standard InChI is InChI=1S/C22H23FN4/c1-16-11-13-27(14-12-16)21-15-20(17-5-3-2-4-6-17)25-22(26-21)24-19-9-7-18(23)8-10-19/h2-10,15-16H,11-14H2,1H3,(H,24,25,26). The number of halogens is 1. The Kier molecular flexibility index (Phi) is 5.01. The minimum atomic E-state index is -0.261. The van der Waals surface area contributed by atoms with Crippen molar-refractivity contribution in [1.82, 2.24) is 9.97 Å². The molecule has 0 saturated carbocycles. The summed E-state index contributed by atoms with van der Waals surface area (Å²) in [6, 6.07) is 18.4. The first-order valence-electron chi connectivity index (χ1n) is 9.39. The van der Waals surface area contributed by atoms with E-state index < -0.39 is 0 Å². The lowest BCUT2D eigenvalue weighted by Crippen LogP contribution is -2.33. The van der Waals surface area contributed by atoms with Gasteiger partial charge >= 0.3 is 0 Å². The van der Waals surface area contributed by atoms with E-state index in [0.29, 0.717) is 5.95 Å². The summed E-state index contributed by atoms with van der Waals surface area (Å²) < 4.78 is 13.2. The van der Waals surface area contributed by atoms with Gasteiger partial charge in [-0.1, -0.05) is 37.3 Å². The molecule has 27 heavy (non-hydrogen) atoms. The summed E-state index contributed by atoms with van der Waals surface area (Å²) in [5, 5.41) is 3.21. The molecule has 0 radical (unpaired) electrons. The third-order valence-electron chi connectivity index (χ3n) is 4.99. The second-order valence-corrected chi connectivity index (χ2v) is 7.10. The molecule has 0 bridgehead atoms. The van der Waals surface area contributed by atoms with Crippen LogP contribution in [0.15, 0.2) is 60.7 Å². The highest BCUT2D eigenvalue weighted by atomic mass is 19.1. The van der Waals surface area contributed by atoms with Gasteiger partial charge in [0.25, 0.3) is 0 Å². The predicted molar refractivity (Wildman–Crippen MR) is 108 cm³/mol. The lowest BCUT2D eigenvalue weighted by Gasteiger charge is -2.31. The highest BCUT2D eigenvalue weighted by Gasteiger charge is 2.19. The van der Waals surface area contributed by atoms with Gasteiger partial charge in [-0.25, -0.2) is 9.37 Å². The lowest BCUT2D eigenvalue weighted by molar-refractivity contribution is 0.436. The summed E-state index contributed by atoms with van der Waals surface area (Å²) in [6.07, 6.45) is 2.34. The summed E-state index contributed by atoms with van der Waals surface area (Å²) in [6.45, 7) is 4.30. The average Bonchev–Trinajstić information content (AvgIpc) is 2.71. The molecular weight excluding hydrogens is 339 g/mol. The highest BCUT2D eigenvalue weighted by Crippen LogP contribution is 2.27. The van der Waals surface area contributed by atoms with Gasteiger partial charge in [0.05, 0.1) is 5.69 Å². The second-order valence-electron chi connectivity index (χ2n) is 7.10. The maximum Gasteiger partial charge on any atom is 0.229 e. The van der Waals surface area contributed by atoms with Crippen LogP contribution in [0, 0.1) is 11.7 Å². The van der Waals surface area contributed by atoms with Crippen LogP contribution in [-0.2, 0) is 0 Å². The largest absolute Gasteiger partial charge is 0.356 e. The smallest absolute Gasteiger partial charge is 0.229 e. The molecule has 1 N–H and O–H groups in total. The van der Waals surface area contributed by atoms with Crippen molar-refractivity contribution >= 4 is 17.5 Å². The maximum atomic E-state index is 13.2. The van der Waals surface area contributed by atoms with Gasteiger partial charge in [0, 0.05) is 30.4 Å². The molecule has 1 aromatic heterocycles. The minimum absolute atomic E-state index is 0.261. The van der Waals surface area contributed by atoms with E-state index in [4.69, 9.17) is 4.98 Å². The average molecular weight is 362 g/mol. The first-order valence-corrected chi connectivity index (χ1v) is 9.39. The van der Waals surface area contributed by atoms with E-state index in [2.05, 4.69) is 28.2 Å². The van der Waals surface area contributed by atoms with Crippen molar-refractivity contribution in [1.29, 1.82) is 0 Å². The Bertz CT molecular complexity index is 888. The summed E-state index contributed by atoms with van der Waals surface area (Å²) in [4.78, 5) is 11.7. The van der Waals surface area contributed by atoms with Crippen LogP contribution in [0.25, 0.3) is 11.3 Å². The number of nitrogens with zero attached hydrogens (tertiary/aromatic N) is 3. The van der Waals surface area contributed by atoms with Crippen molar-refractivity contribution in [3.05, 3.63) is 66.5 Å². The van der Waals surface area contributed by atoms with Crippen molar-refractivity contribution in [2.24, 2.45) is 5.92 Å². The number of hydrogen-bond acceptors (Lipinski definition) is 4. The molecule has 4 rings (SSSR count). The van der Waals surface area contributed by atoms with Gasteiger partial charge in [-0.05, 0) is 43.0 Å². The third kappa shape index (κ3) is 4.25. The topological polar surface area (TPSA) is 41.1 Å². The second kappa shape index (κ2) is 7.74. The van der Waals surface area contributed by atoms with Gasteiger partial charge < -0.3 is 10.2 Å². The maximum absolute atomic E-state index is 13.2. The quantitative estimate of drug-likeness (QED) is 0.687. The fourth-order valence-corrected chi connectivity index (χ4v) is 3.31. The van der Waals surface area contributed by atoms with Gasteiger partial charge in [-0.15, -0.1) is 0 Å². The highest BCUT2D eigenvalue weighted by molar-refractivity contribution is 5.66. The zero-order chi connectivity index (χ0) is 18.6. The normalized spacial score (nSPS) is 15.0. The van der Waals surface area contributed by atoms with Crippen molar-refractivity contribution in [3.8, 4) is 11.3 Å². The van der Waals surface area contributed by atoms with Crippen LogP contribution < -0.4 is 10.2 Å². The van der Waals surface area contributed by atoms with E-state index in [0.717, 1.165) is 41.8 Å². The van der Waals surface area contributed by atoms with Crippen molar-refractivity contribution < 1.29 is 4.39 Å². The third-order valence-corrected chi connectivity index (χ3v) is 4.99. The zero-order valence-corrected chi connectivity index (χ0v) is 15.4. The van der Waals surface area contributed by atoms with Crippen LogP contribution in [0.2, 0.25) is 0 Å². The number of anilines is 3. The van der Waals surface area contributed by atoms with Crippen LogP contribution in [-0.4, -0.2) is 23.1 Å². The van der Waals surface area contributed by atoms with Crippen molar-refractivity contribution in [2.45, 2.75) is 19.8 Å². The molecule has 0 aliphatic carbocycles. The fraction of sp³-hybridized carbons (Fsp3) is 0.273. The van der Waals surface area contributed by atoms with Crippen molar-refractivity contribution in [3.63, 3.8) is 0 Å². The molecular formula is C22H23FN4. The molecule has 1 aliphatic heterocycles. The molecule has 2 heterocycles. The molecule has 2 aromatic carbocycles. The summed E-state index contributed by atoms with van der Waals surface area (Å²) >= 11 is 0. The molecule has 1 aliphatic rings. The molecule has 5 heteroatoms. The van der Waals surface area contributed by atoms with Gasteiger partial charge in [0.15, 0.2) is 0 Å². The zero-order valence-electron chi connectivity index (χ0n) is 15.4. The van der Waals surface area contributed by atoms with E-state index in [9.17, 15) is 4.39 Å². The number of rotatable bonds is 4. The Balaban J connectivity index is 1.69. The molecule has 138 valence electrons. The molecule has 0 unspecified atom stereocenters. The Hall–Kier alpha value is -2.95. The number of aromatic nitrogens is 2. The molecule has 1 fully saturated rings. The van der Waals surface area contributed by atoms with Crippen LogP contribution in [0.5, 0.6) is 0 Å². The fourth-order valence-electron chi connectivity index (χ4n) is 3.31. The Labute approximate surface area is 159 Å². The number of benzene rings is 2. The Morgan fingerprint density at radius 2 is 1.67 bits per heavy atom. The molecule has 0 atom stereocenters. The van der Waals surface area contributed by atoms with E-state index in [-0.39, 0.29) is 5.82 Å². The molecule has 1 saturated heterocycles. The summed E-state index contributed by atoms with van der Waals surface area (Å²) in [5.41, 5.74) is 2.69. The summed E-state index contributed by atoms with van der Waals surface area (Å²) in [7, 11) is 0. The van der Waals surface area contributed by atoms with E-state index in [1.165, 1.54) is 25.0 Å². The molecule has 3 aromatic rings. The minimum Gasteiger partial charge on any atom is -0.356 e. The Morgan fingerprint density at radius 1 is 0.963 bits per heavy atom. The lowest BCUT2D eigenvalue weighted by atomic mass is 9.99. The van der Waals surface area contributed by atoms with E-state index in [1.54, 1.807) is 12.1 Å². The van der Waals surface area contributed by atoms with E-state index >= 15 is 0 Å². The van der Waals surface area contributed by atoms with Gasteiger partial charge in [-0.2, -0.15) is 4.98 Å². The summed E-state index contributed by atoms with van der Waals surface area (Å²) in [5.74, 6) is 1.95. The SMILES string of the molecule is CC1CCN(c2cc(-c3ccccc3)nc(Nc3ccc(F)cc3)n2)CC1. The predicted octanol–water partition coefficient (Wildman–Crippen LogP) is 5.26. The first-order chi connectivity index (χ1) is 13.2. The van der Waals surface area contributed by atoms with Crippen LogP contribution in [0.3, 0.4) is 0 Å². The van der Waals surface area contributed by atoms with Gasteiger partial charge in [-0.3, -0.25) is 0 Å². The molecule has 4 nitrogen and oxygen atoms in total. The van der Waals surface area contributed by atoms with E-state index in [1.807, 2.05) is 30.3 Å². The first kappa shape index (κ1) is 17.5. The van der Waals surface area contributed by atoms with Crippen LogP contribution in [0.1, 0.15) is 19.8 Å². The van der Waals surface area contributed by atoms with Crippen LogP contribution in [0.4, 0.5) is 21.8 Å². The number of hydrogen-bond donors (Lipinski definition) is 1. The number of piperidine rings is 1. The van der Waals surface area contributed by atoms with Crippen LogP contribution >= 0.6 is 0 Å². The van der Waals surface area contributed by atoms with Gasteiger partial charge in [0.1, 0.15) is 11.6 Å². The Morgan fingerprint density at radius 3 is 2.37 bits per heavy atom. The molecule has 0 spiro atoms. The number of nitrogens with one attached hydrogen (secondary N) is 1. The van der Waals surface area contributed by atoms with Crippen molar-refractivity contribution in [2.75, 3.05) is 23.3 Å².